The van der Waals surface area contributed by atoms with E-state index in [1.165, 1.54) is 11.3 Å². The number of nitrogens with zero attached hydrogens (tertiary/aromatic N) is 2. The molecule has 1 N–H and O–H groups in total. The number of ether oxygens (including phenoxy) is 2. The molecule has 1 aliphatic heterocycles. The van der Waals surface area contributed by atoms with Crippen LogP contribution in [0.25, 0.3) is 0 Å². The summed E-state index contributed by atoms with van der Waals surface area (Å²) in [7, 11) is 1.63. The molecular formula is C15H17N3O3S. The van der Waals surface area contributed by atoms with Crippen molar-refractivity contribution in [2.45, 2.75) is 12.6 Å². The first-order valence-electron chi connectivity index (χ1n) is 6.96. The quantitative estimate of drug-likeness (QED) is 0.917. The van der Waals surface area contributed by atoms with E-state index < -0.39 is 0 Å². The number of rotatable bonds is 5. The van der Waals surface area contributed by atoms with Gasteiger partial charge in [0.05, 0.1) is 20.2 Å². The van der Waals surface area contributed by atoms with Gasteiger partial charge in [-0.05, 0) is 17.7 Å². The Morgan fingerprint density at radius 3 is 2.82 bits per heavy atom. The molecule has 0 atom stereocenters. The van der Waals surface area contributed by atoms with E-state index in [1.54, 1.807) is 18.2 Å². The van der Waals surface area contributed by atoms with Crippen LogP contribution in [0.4, 0.5) is 4.79 Å². The third-order valence-corrected chi connectivity index (χ3v) is 4.08. The highest BCUT2D eigenvalue weighted by Gasteiger charge is 2.32. The number of methoxy groups -OCH3 is 1. The van der Waals surface area contributed by atoms with Gasteiger partial charge in [0.1, 0.15) is 11.9 Å². The number of thiazole rings is 1. The van der Waals surface area contributed by atoms with Gasteiger partial charge in [-0.15, -0.1) is 0 Å². The number of urea groups is 1. The molecule has 2 heterocycles. The maximum Gasteiger partial charge on any atom is 0.317 e. The fraction of sp³-hybridized carbons (Fsp3) is 0.333. The van der Waals surface area contributed by atoms with Gasteiger partial charge in [0, 0.05) is 18.1 Å². The summed E-state index contributed by atoms with van der Waals surface area (Å²) in [4.78, 5) is 17.8. The van der Waals surface area contributed by atoms with Gasteiger partial charge < -0.3 is 19.7 Å². The standard InChI is InChI=1S/C15H17N3O3S/c1-20-12-4-2-11(3-5-12)8-17-14(19)18-9-13(10-18)21-15-16-6-7-22-15/h2-7,13H,8-10H2,1H3,(H,17,19). The van der Waals surface area contributed by atoms with Gasteiger partial charge in [-0.2, -0.15) is 0 Å². The molecule has 1 aromatic carbocycles. The summed E-state index contributed by atoms with van der Waals surface area (Å²) in [6.45, 7) is 1.68. The molecule has 0 spiro atoms. The van der Waals surface area contributed by atoms with E-state index in [4.69, 9.17) is 9.47 Å². The van der Waals surface area contributed by atoms with Gasteiger partial charge in [-0.3, -0.25) is 0 Å². The molecule has 22 heavy (non-hydrogen) atoms. The summed E-state index contributed by atoms with van der Waals surface area (Å²) in [6.07, 6.45) is 1.75. The highest BCUT2D eigenvalue weighted by Crippen LogP contribution is 2.20. The fourth-order valence-corrected chi connectivity index (χ4v) is 2.67. The van der Waals surface area contributed by atoms with Crippen LogP contribution in [0.1, 0.15) is 5.56 Å². The first kappa shape index (κ1) is 14.6. The number of benzene rings is 1. The average Bonchev–Trinajstić information content (AvgIpc) is 3.01. The van der Waals surface area contributed by atoms with Gasteiger partial charge in [0.2, 0.25) is 0 Å². The summed E-state index contributed by atoms with van der Waals surface area (Å²) in [5.74, 6) is 0.806. The Morgan fingerprint density at radius 2 is 2.18 bits per heavy atom. The van der Waals surface area contributed by atoms with Crippen molar-refractivity contribution in [2.24, 2.45) is 0 Å². The fourth-order valence-electron chi connectivity index (χ4n) is 2.12. The summed E-state index contributed by atoms with van der Waals surface area (Å²) < 4.78 is 10.7. The Hall–Kier alpha value is -2.28. The van der Waals surface area contributed by atoms with Crippen LogP contribution in [0.5, 0.6) is 10.9 Å². The van der Waals surface area contributed by atoms with E-state index in [1.807, 2.05) is 29.6 Å². The lowest BCUT2D eigenvalue weighted by Gasteiger charge is -2.38. The van der Waals surface area contributed by atoms with Crippen molar-refractivity contribution >= 4 is 17.4 Å². The maximum atomic E-state index is 12.0. The van der Waals surface area contributed by atoms with Crippen molar-refractivity contribution in [3.63, 3.8) is 0 Å². The van der Waals surface area contributed by atoms with Gasteiger partial charge in [-0.1, -0.05) is 23.5 Å². The highest BCUT2D eigenvalue weighted by atomic mass is 32.1. The molecule has 2 amide bonds. The molecule has 116 valence electrons. The monoisotopic (exact) mass is 319 g/mol. The predicted molar refractivity (Wildman–Crippen MR) is 83.3 cm³/mol. The van der Waals surface area contributed by atoms with Gasteiger partial charge >= 0.3 is 6.03 Å². The van der Waals surface area contributed by atoms with Gasteiger partial charge in [0.15, 0.2) is 0 Å². The van der Waals surface area contributed by atoms with E-state index in [2.05, 4.69) is 10.3 Å². The van der Waals surface area contributed by atoms with Crippen LogP contribution in [-0.2, 0) is 6.54 Å². The van der Waals surface area contributed by atoms with Gasteiger partial charge in [-0.25, -0.2) is 9.78 Å². The third-order valence-electron chi connectivity index (χ3n) is 3.42. The van der Waals surface area contributed by atoms with Crippen molar-refractivity contribution in [1.29, 1.82) is 0 Å². The topological polar surface area (TPSA) is 63.7 Å². The number of aromatic nitrogens is 1. The Morgan fingerprint density at radius 1 is 1.41 bits per heavy atom. The molecule has 1 saturated heterocycles. The number of hydrogen-bond donors (Lipinski definition) is 1. The lowest BCUT2D eigenvalue weighted by atomic mass is 10.2. The first-order chi connectivity index (χ1) is 10.7. The largest absolute Gasteiger partial charge is 0.497 e. The lowest BCUT2D eigenvalue weighted by Crippen LogP contribution is -2.58. The Kier molecular flexibility index (Phi) is 4.43. The minimum Gasteiger partial charge on any atom is -0.497 e. The third kappa shape index (κ3) is 3.48. The molecule has 0 aliphatic carbocycles. The van der Waals surface area contributed by atoms with Crippen LogP contribution in [0, 0.1) is 0 Å². The molecule has 1 fully saturated rings. The van der Waals surface area contributed by atoms with E-state index >= 15 is 0 Å². The molecule has 7 heteroatoms. The molecule has 6 nitrogen and oxygen atoms in total. The minimum atomic E-state index is -0.0743. The number of hydrogen-bond acceptors (Lipinski definition) is 5. The Bertz CT molecular complexity index is 609. The Balaban J connectivity index is 1.40. The van der Waals surface area contributed by atoms with Crippen LogP contribution in [0.2, 0.25) is 0 Å². The van der Waals surface area contributed by atoms with Crippen LogP contribution >= 0.6 is 11.3 Å². The molecule has 3 rings (SSSR count). The maximum absolute atomic E-state index is 12.0. The van der Waals surface area contributed by atoms with Crippen molar-refractivity contribution in [3.05, 3.63) is 41.4 Å². The molecule has 2 aromatic rings. The van der Waals surface area contributed by atoms with Crippen LogP contribution in [0.15, 0.2) is 35.8 Å². The van der Waals surface area contributed by atoms with Crippen LogP contribution in [0.3, 0.4) is 0 Å². The Labute approximate surface area is 132 Å². The average molecular weight is 319 g/mol. The highest BCUT2D eigenvalue weighted by molar-refractivity contribution is 7.11. The summed E-state index contributed by atoms with van der Waals surface area (Å²) in [5, 5.41) is 5.42. The molecule has 1 aromatic heterocycles. The number of amides is 2. The molecule has 0 unspecified atom stereocenters. The minimum absolute atomic E-state index is 0.0397. The molecule has 0 saturated carbocycles. The number of carbonyl (C=O) groups excluding carboxylic acids is 1. The number of likely N-dealkylation sites (tertiary alicyclic amines) is 1. The molecular weight excluding hydrogens is 302 g/mol. The molecule has 1 aliphatic rings. The van der Waals surface area contributed by atoms with Crippen molar-refractivity contribution < 1.29 is 14.3 Å². The summed E-state index contributed by atoms with van der Waals surface area (Å²) in [5.41, 5.74) is 1.03. The van der Waals surface area contributed by atoms with Crippen molar-refractivity contribution in [2.75, 3.05) is 20.2 Å². The second-order valence-electron chi connectivity index (χ2n) is 4.95. The second kappa shape index (κ2) is 6.65. The SMILES string of the molecule is COc1ccc(CNC(=O)N2CC(Oc3nccs3)C2)cc1. The van der Waals surface area contributed by atoms with E-state index in [0.29, 0.717) is 24.8 Å². The van der Waals surface area contributed by atoms with Crippen LogP contribution in [-0.4, -0.2) is 42.2 Å². The van der Waals surface area contributed by atoms with Gasteiger partial charge in [0.25, 0.3) is 5.19 Å². The normalized spacial score (nSPS) is 14.3. The predicted octanol–water partition coefficient (Wildman–Crippen LogP) is 2.12. The lowest BCUT2D eigenvalue weighted by molar-refractivity contribution is 0.0442. The van der Waals surface area contributed by atoms with Crippen molar-refractivity contribution in [3.8, 4) is 10.9 Å². The molecule has 0 bridgehead atoms. The van der Waals surface area contributed by atoms with E-state index in [0.717, 1.165) is 11.3 Å². The van der Waals surface area contributed by atoms with Crippen LogP contribution < -0.4 is 14.8 Å². The van der Waals surface area contributed by atoms with E-state index in [9.17, 15) is 4.79 Å². The zero-order chi connectivity index (χ0) is 15.4. The molecule has 0 radical (unpaired) electrons. The number of carbonyl (C=O) groups is 1. The zero-order valence-electron chi connectivity index (χ0n) is 12.2. The zero-order valence-corrected chi connectivity index (χ0v) is 13.0. The smallest absolute Gasteiger partial charge is 0.317 e. The van der Waals surface area contributed by atoms with E-state index in [-0.39, 0.29) is 12.1 Å². The first-order valence-corrected chi connectivity index (χ1v) is 7.84. The summed E-state index contributed by atoms with van der Waals surface area (Å²) in [6, 6.07) is 7.55. The second-order valence-corrected chi connectivity index (χ2v) is 5.81. The summed E-state index contributed by atoms with van der Waals surface area (Å²) >= 11 is 1.46. The number of nitrogens with one attached hydrogen (secondary N) is 1. The van der Waals surface area contributed by atoms with Crippen molar-refractivity contribution in [1.82, 2.24) is 15.2 Å².